The zero-order valence-corrected chi connectivity index (χ0v) is 14.7. The zero-order chi connectivity index (χ0) is 18.6. The minimum Gasteiger partial charge on any atom is -0.264 e. The van der Waals surface area contributed by atoms with E-state index in [4.69, 9.17) is 17.5 Å². The number of hydrogen-bond acceptors (Lipinski definition) is 2. The maximum Gasteiger partial charge on any atom is 0.394 e. The van der Waals surface area contributed by atoms with Crippen LogP contribution in [0.1, 0.15) is 11.1 Å². The van der Waals surface area contributed by atoms with E-state index in [1.165, 1.54) is 32.7 Å². The standard InChI is InChI=1S/C21H16.H2O4S/c1-3-13-20-16(7-1)9-5-11-18(20)15-19-12-6-10-17-8-2-4-14-21(17)19;1-5(2,3)4/h1-14H,15H2;(H2,1,2,3,4). The normalized spacial score (nSPS) is 11.2. The van der Waals surface area contributed by atoms with Gasteiger partial charge in [0.1, 0.15) is 0 Å². The molecule has 132 valence electrons. The summed E-state index contributed by atoms with van der Waals surface area (Å²) in [4.78, 5) is 0. The fourth-order valence-electron chi connectivity index (χ4n) is 3.10. The summed E-state index contributed by atoms with van der Waals surface area (Å²) >= 11 is 0. The Kier molecular flexibility index (Phi) is 5.32. The molecule has 0 aliphatic rings. The SMILES string of the molecule is O=S(=O)(O)O.c1ccc2c(Cc3cccc4ccccc34)cccc2c1. The van der Waals surface area contributed by atoms with Gasteiger partial charge in [-0.2, -0.15) is 8.42 Å². The molecule has 0 heterocycles. The molecular formula is C21H18O4S. The van der Waals surface area contributed by atoms with Crippen LogP contribution in [0.3, 0.4) is 0 Å². The first-order valence-electron chi connectivity index (χ1n) is 8.05. The molecule has 2 N–H and O–H groups in total. The van der Waals surface area contributed by atoms with Crippen molar-refractivity contribution in [1.82, 2.24) is 0 Å². The molecule has 0 unspecified atom stereocenters. The second-order valence-electron chi connectivity index (χ2n) is 5.90. The average Bonchev–Trinajstić information content (AvgIpc) is 2.61. The van der Waals surface area contributed by atoms with E-state index in [-0.39, 0.29) is 0 Å². The Morgan fingerprint density at radius 1 is 0.577 bits per heavy atom. The molecule has 4 nitrogen and oxygen atoms in total. The maximum absolute atomic E-state index is 8.74. The quantitative estimate of drug-likeness (QED) is 0.493. The van der Waals surface area contributed by atoms with Crippen LogP contribution in [-0.4, -0.2) is 17.5 Å². The summed E-state index contributed by atoms with van der Waals surface area (Å²) in [5.74, 6) is 0. The lowest BCUT2D eigenvalue weighted by molar-refractivity contribution is 0.381. The number of hydrogen-bond donors (Lipinski definition) is 2. The molecule has 0 spiro atoms. The first-order chi connectivity index (χ1) is 12.4. The molecule has 4 aromatic carbocycles. The van der Waals surface area contributed by atoms with Crippen LogP contribution in [0.15, 0.2) is 84.9 Å². The van der Waals surface area contributed by atoms with Crippen molar-refractivity contribution in [2.75, 3.05) is 0 Å². The maximum atomic E-state index is 8.74. The fraction of sp³-hybridized carbons (Fsp3) is 0.0476. The Labute approximate surface area is 152 Å². The van der Waals surface area contributed by atoms with Crippen LogP contribution >= 0.6 is 0 Å². The lowest BCUT2D eigenvalue weighted by Crippen LogP contribution is -1.91. The molecule has 26 heavy (non-hydrogen) atoms. The van der Waals surface area contributed by atoms with Gasteiger partial charge in [0.15, 0.2) is 0 Å². The molecule has 0 bridgehead atoms. The average molecular weight is 366 g/mol. The van der Waals surface area contributed by atoms with E-state index in [0.29, 0.717) is 0 Å². The first kappa shape index (κ1) is 18.1. The summed E-state index contributed by atoms with van der Waals surface area (Å²) < 4.78 is 31.6. The van der Waals surface area contributed by atoms with Gasteiger partial charge >= 0.3 is 10.4 Å². The first-order valence-corrected chi connectivity index (χ1v) is 9.45. The summed E-state index contributed by atoms with van der Waals surface area (Å²) in [5.41, 5.74) is 2.79. The third-order valence-electron chi connectivity index (χ3n) is 4.14. The third kappa shape index (κ3) is 4.67. The van der Waals surface area contributed by atoms with Crippen LogP contribution in [0.25, 0.3) is 21.5 Å². The molecule has 0 atom stereocenters. The molecule has 0 radical (unpaired) electrons. The van der Waals surface area contributed by atoms with Crippen molar-refractivity contribution in [3.63, 3.8) is 0 Å². The van der Waals surface area contributed by atoms with E-state index in [2.05, 4.69) is 84.9 Å². The van der Waals surface area contributed by atoms with E-state index in [0.717, 1.165) is 6.42 Å². The smallest absolute Gasteiger partial charge is 0.264 e. The third-order valence-corrected chi connectivity index (χ3v) is 4.14. The van der Waals surface area contributed by atoms with Gasteiger partial charge in [-0.05, 0) is 39.1 Å². The molecule has 4 aromatic rings. The van der Waals surface area contributed by atoms with Gasteiger partial charge in [-0.3, -0.25) is 9.11 Å². The van der Waals surface area contributed by atoms with Gasteiger partial charge in [0, 0.05) is 0 Å². The van der Waals surface area contributed by atoms with E-state index in [1.54, 1.807) is 0 Å². The van der Waals surface area contributed by atoms with Gasteiger partial charge in [0.05, 0.1) is 0 Å². The summed E-state index contributed by atoms with van der Waals surface area (Å²) in [6, 6.07) is 30.4. The van der Waals surface area contributed by atoms with Crippen LogP contribution in [0.2, 0.25) is 0 Å². The van der Waals surface area contributed by atoms with Crippen molar-refractivity contribution in [2.24, 2.45) is 0 Å². The Hall–Kier alpha value is -2.73. The molecule has 5 heteroatoms. The highest BCUT2D eigenvalue weighted by molar-refractivity contribution is 7.79. The number of rotatable bonds is 2. The van der Waals surface area contributed by atoms with Crippen LogP contribution in [0.4, 0.5) is 0 Å². The van der Waals surface area contributed by atoms with E-state index >= 15 is 0 Å². The second kappa shape index (κ2) is 7.66. The van der Waals surface area contributed by atoms with Crippen molar-refractivity contribution in [2.45, 2.75) is 6.42 Å². The summed E-state index contributed by atoms with van der Waals surface area (Å²) in [7, 11) is -4.67. The largest absolute Gasteiger partial charge is 0.394 e. The minimum absolute atomic E-state index is 0.975. The Morgan fingerprint density at radius 3 is 1.35 bits per heavy atom. The Balaban J connectivity index is 0.000000349. The van der Waals surface area contributed by atoms with Crippen molar-refractivity contribution in [3.8, 4) is 0 Å². The molecule has 0 saturated carbocycles. The van der Waals surface area contributed by atoms with Crippen LogP contribution in [-0.2, 0) is 16.8 Å². The molecule has 0 saturated heterocycles. The summed E-state index contributed by atoms with van der Waals surface area (Å²) in [5, 5.41) is 5.34. The van der Waals surface area contributed by atoms with E-state index in [9.17, 15) is 0 Å². The molecule has 0 aliphatic carbocycles. The number of fused-ring (bicyclic) bond motifs is 2. The van der Waals surface area contributed by atoms with Gasteiger partial charge in [-0.25, -0.2) is 0 Å². The molecule has 0 amide bonds. The van der Waals surface area contributed by atoms with Gasteiger partial charge in [-0.1, -0.05) is 84.9 Å². The number of benzene rings is 4. The van der Waals surface area contributed by atoms with Crippen molar-refractivity contribution >= 4 is 31.9 Å². The zero-order valence-electron chi connectivity index (χ0n) is 13.9. The van der Waals surface area contributed by atoms with Gasteiger partial charge < -0.3 is 0 Å². The molecule has 0 aliphatic heterocycles. The fourth-order valence-corrected chi connectivity index (χ4v) is 3.10. The highest BCUT2D eigenvalue weighted by atomic mass is 32.3. The molecule has 0 fully saturated rings. The predicted molar refractivity (Wildman–Crippen MR) is 105 cm³/mol. The topological polar surface area (TPSA) is 74.6 Å². The van der Waals surface area contributed by atoms with Crippen LogP contribution < -0.4 is 0 Å². The Morgan fingerprint density at radius 2 is 0.923 bits per heavy atom. The van der Waals surface area contributed by atoms with E-state index in [1.807, 2.05) is 0 Å². The summed E-state index contributed by atoms with van der Waals surface area (Å²) in [6.45, 7) is 0. The lowest BCUT2D eigenvalue weighted by Gasteiger charge is -2.09. The van der Waals surface area contributed by atoms with Gasteiger partial charge in [0.2, 0.25) is 0 Å². The van der Waals surface area contributed by atoms with Crippen LogP contribution in [0.5, 0.6) is 0 Å². The lowest BCUT2D eigenvalue weighted by atomic mass is 9.95. The Bertz CT molecular complexity index is 1050. The van der Waals surface area contributed by atoms with Gasteiger partial charge in [0.25, 0.3) is 0 Å². The highest BCUT2D eigenvalue weighted by Gasteiger charge is 2.04. The highest BCUT2D eigenvalue weighted by Crippen LogP contribution is 2.25. The van der Waals surface area contributed by atoms with Crippen LogP contribution in [0, 0.1) is 0 Å². The van der Waals surface area contributed by atoms with Crippen molar-refractivity contribution in [1.29, 1.82) is 0 Å². The minimum atomic E-state index is -4.67. The molecule has 4 rings (SSSR count). The van der Waals surface area contributed by atoms with Crippen molar-refractivity contribution < 1.29 is 17.5 Å². The second-order valence-corrected chi connectivity index (χ2v) is 6.80. The molecular weight excluding hydrogens is 348 g/mol. The summed E-state index contributed by atoms with van der Waals surface area (Å²) in [6.07, 6.45) is 0.975. The molecule has 0 aromatic heterocycles. The predicted octanol–water partition coefficient (Wildman–Crippen LogP) is 4.93. The monoisotopic (exact) mass is 366 g/mol. The van der Waals surface area contributed by atoms with Gasteiger partial charge in [-0.15, -0.1) is 0 Å². The van der Waals surface area contributed by atoms with E-state index < -0.39 is 10.4 Å². The van der Waals surface area contributed by atoms with Crippen molar-refractivity contribution in [3.05, 3.63) is 96.1 Å².